The van der Waals surface area contributed by atoms with E-state index in [2.05, 4.69) is 11.7 Å². The van der Waals surface area contributed by atoms with E-state index in [-0.39, 0.29) is 5.92 Å². The minimum Gasteiger partial charge on any atom is -0.272 e. The average molecular weight is 191 g/mol. The summed E-state index contributed by atoms with van der Waals surface area (Å²) in [5.41, 5.74) is -0.719. The lowest BCUT2D eigenvalue weighted by Gasteiger charge is -2.03. The molecule has 1 nitrogen and oxygen atoms in total. The van der Waals surface area contributed by atoms with E-state index in [9.17, 15) is 13.2 Å². The van der Waals surface area contributed by atoms with Crippen molar-refractivity contribution in [2.24, 2.45) is 10.9 Å². The average Bonchev–Trinajstić information content (AvgIpc) is 1.97. The Labute approximate surface area is 75.7 Å². The lowest BCUT2D eigenvalue weighted by Crippen LogP contribution is -1.98. The first-order valence-corrected chi connectivity index (χ1v) is 3.80. The molecule has 0 aromatic heterocycles. The minimum atomic E-state index is -2.86. The molecule has 0 aliphatic carbocycles. The summed E-state index contributed by atoms with van der Waals surface area (Å²) in [5.74, 6) is -1.05. The van der Waals surface area contributed by atoms with Crippen LogP contribution >= 0.6 is 0 Å². The highest BCUT2D eigenvalue weighted by atomic mass is 19.3. The van der Waals surface area contributed by atoms with E-state index in [1.54, 1.807) is 13.8 Å². The molecular weight excluding hydrogens is 179 g/mol. The third-order valence-corrected chi connectivity index (χ3v) is 1.22. The van der Waals surface area contributed by atoms with Crippen molar-refractivity contribution in [3.05, 3.63) is 23.7 Å². The van der Waals surface area contributed by atoms with E-state index in [1.807, 2.05) is 0 Å². The van der Waals surface area contributed by atoms with Crippen molar-refractivity contribution in [3.8, 4) is 0 Å². The highest BCUT2D eigenvalue weighted by molar-refractivity contribution is 5.32. The molecule has 0 bridgehead atoms. The van der Waals surface area contributed by atoms with Gasteiger partial charge < -0.3 is 0 Å². The maximum absolute atomic E-state index is 13.0. The molecule has 0 aliphatic rings. The number of rotatable bonds is 4. The van der Waals surface area contributed by atoms with Gasteiger partial charge in [0.2, 0.25) is 0 Å². The Morgan fingerprint density at radius 2 is 1.92 bits per heavy atom. The summed E-state index contributed by atoms with van der Waals surface area (Å²) in [6, 6.07) is 0. The van der Waals surface area contributed by atoms with Crippen molar-refractivity contribution in [1.82, 2.24) is 0 Å². The van der Waals surface area contributed by atoms with Crippen LogP contribution in [0.4, 0.5) is 13.2 Å². The predicted octanol–water partition coefficient (Wildman–Crippen LogP) is 3.35. The Balaban J connectivity index is 4.76. The van der Waals surface area contributed by atoms with Crippen LogP contribution in [0.3, 0.4) is 0 Å². The van der Waals surface area contributed by atoms with Gasteiger partial charge in [-0.1, -0.05) is 13.8 Å². The van der Waals surface area contributed by atoms with Crippen LogP contribution in [0.1, 0.15) is 13.8 Å². The third-order valence-electron chi connectivity index (χ3n) is 1.22. The molecule has 0 aromatic carbocycles. The highest BCUT2D eigenvalue weighted by Crippen LogP contribution is 2.21. The Bertz CT molecular complexity index is 229. The fraction of sp³-hybridized carbons (Fsp3) is 0.444. The van der Waals surface area contributed by atoms with Crippen molar-refractivity contribution in [1.29, 1.82) is 0 Å². The maximum Gasteiger partial charge on any atom is 0.268 e. The maximum atomic E-state index is 13.0. The molecule has 4 heteroatoms. The number of aliphatic imine (C=N–C) groups is 1. The standard InChI is InChI=1S/C9H12F3N/c1-6(2)4-8(10)7(5-13-3)9(11)12/h4-6,9H,3H2,1-2H3/b7-5+,8-4+. The van der Waals surface area contributed by atoms with Crippen LogP contribution in [-0.4, -0.2) is 13.1 Å². The quantitative estimate of drug-likeness (QED) is 0.477. The largest absolute Gasteiger partial charge is 0.272 e. The van der Waals surface area contributed by atoms with Crippen LogP contribution in [0, 0.1) is 5.92 Å². The molecule has 0 fully saturated rings. The van der Waals surface area contributed by atoms with E-state index in [4.69, 9.17) is 0 Å². The Kier molecular flexibility index (Phi) is 5.11. The predicted molar refractivity (Wildman–Crippen MR) is 47.7 cm³/mol. The van der Waals surface area contributed by atoms with E-state index in [0.29, 0.717) is 0 Å². The topological polar surface area (TPSA) is 12.4 Å². The van der Waals surface area contributed by atoms with Crippen LogP contribution in [-0.2, 0) is 0 Å². The van der Waals surface area contributed by atoms with Gasteiger partial charge in [-0.15, -0.1) is 0 Å². The smallest absolute Gasteiger partial charge is 0.268 e. The number of halogens is 3. The van der Waals surface area contributed by atoms with E-state index in [0.717, 1.165) is 12.3 Å². The monoisotopic (exact) mass is 191 g/mol. The zero-order chi connectivity index (χ0) is 10.4. The lowest BCUT2D eigenvalue weighted by molar-refractivity contribution is 0.187. The molecule has 0 unspecified atom stereocenters. The van der Waals surface area contributed by atoms with E-state index < -0.39 is 17.8 Å². The van der Waals surface area contributed by atoms with Crippen molar-refractivity contribution in [2.75, 3.05) is 0 Å². The van der Waals surface area contributed by atoms with Crippen molar-refractivity contribution >= 4 is 6.72 Å². The van der Waals surface area contributed by atoms with Gasteiger partial charge in [0.25, 0.3) is 6.43 Å². The summed E-state index contributed by atoms with van der Waals surface area (Å²) in [5, 5.41) is 0. The molecule has 0 amide bonds. The summed E-state index contributed by atoms with van der Waals surface area (Å²) in [6.45, 7) is 6.39. The van der Waals surface area contributed by atoms with Crippen LogP contribution in [0.15, 0.2) is 28.7 Å². The van der Waals surface area contributed by atoms with Gasteiger partial charge >= 0.3 is 0 Å². The van der Waals surface area contributed by atoms with Gasteiger partial charge in [0, 0.05) is 6.20 Å². The van der Waals surface area contributed by atoms with Gasteiger partial charge in [-0.25, -0.2) is 13.2 Å². The molecule has 0 saturated heterocycles. The Morgan fingerprint density at radius 3 is 2.23 bits per heavy atom. The summed E-state index contributed by atoms with van der Waals surface area (Å²) in [7, 11) is 0. The summed E-state index contributed by atoms with van der Waals surface area (Å²) in [4.78, 5) is 3.11. The van der Waals surface area contributed by atoms with Crippen molar-refractivity contribution < 1.29 is 13.2 Å². The zero-order valence-electron chi connectivity index (χ0n) is 7.60. The van der Waals surface area contributed by atoms with Crippen molar-refractivity contribution in [2.45, 2.75) is 20.3 Å². The molecule has 74 valence electrons. The zero-order valence-corrected chi connectivity index (χ0v) is 7.60. The molecular formula is C9H12F3N. The second kappa shape index (κ2) is 5.56. The molecule has 0 saturated carbocycles. The summed E-state index contributed by atoms with van der Waals surface area (Å²) in [6.07, 6.45) is -1.01. The van der Waals surface area contributed by atoms with Gasteiger partial charge in [0.15, 0.2) is 0 Å². The number of hydrogen-bond acceptors (Lipinski definition) is 1. The fourth-order valence-electron chi connectivity index (χ4n) is 0.709. The summed E-state index contributed by atoms with van der Waals surface area (Å²) < 4.78 is 37.3. The van der Waals surface area contributed by atoms with Crippen LogP contribution in [0.5, 0.6) is 0 Å². The molecule has 0 spiro atoms. The second-order valence-electron chi connectivity index (χ2n) is 2.83. The minimum absolute atomic E-state index is 0.119. The Morgan fingerprint density at radius 1 is 1.38 bits per heavy atom. The van der Waals surface area contributed by atoms with Gasteiger partial charge in [0.05, 0.1) is 5.57 Å². The molecule has 0 rings (SSSR count). The molecule has 13 heavy (non-hydrogen) atoms. The van der Waals surface area contributed by atoms with E-state index in [1.165, 1.54) is 0 Å². The number of hydrogen-bond donors (Lipinski definition) is 0. The molecule has 0 aromatic rings. The number of nitrogens with zero attached hydrogens (tertiary/aromatic N) is 1. The van der Waals surface area contributed by atoms with Crippen LogP contribution < -0.4 is 0 Å². The second-order valence-corrected chi connectivity index (χ2v) is 2.83. The molecule has 0 N–H and O–H groups in total. The normalized spacial score (nSPS) is 14.1. The highest BCUT2D eigenvalue weighted by Gasteiger charge is 2.15. The van der Waals surface area contributed by atoms with Crippen LogP contribution in [0.2, 0.25) is 0 Å². The molecule has 0 radical (unpaired) electrons. The molecule has 0 aliphatic heterocycles. The fourth-order valence-corrected chi connectivity index (χ4v) is 0.709. The summed E-state index contributed by atoms with van der Waals surface area (Å²) >= 11 is 0. The third kappa shape index (κ3) is 4.50. The molecule has 0 atom stereocenters. The van der Waals surface area contributed by atoms with Crippen LogP contribution in [0.25, 0.3) is 0 Å². The Hall–Kier alpha value is -1.06. The van der Waals surface area contributed by atoms with Gasteiger partial charge in [-0.05, 0) is 18.7 Å². The SMILES string of the molecule is C=N/C=C(\C(F)=C/C(C)C)C(F)F. The molecule has 0 heterocycles. The lowest BCUT2D eigenvalue weighted by atomic mass is 10.1. The van der Waals surface area contributed by atoms with Gasteiger partial charge in [-0.2, -0.15) is 0 Å². The van der Waals surface area contributed by atoms with Crippen molar-refractivity contribution in [3.63, 3.8) is 0 Å². The van der Waals surface area contributed by atoms with E-state index >= 15 is 0 Å². The first-order chi connectivity index (χ1) is 5.99. The van der Waals surface area contributed by atoms with Gasteiger partial charge in [0.1, 0.15) is 5.83 Å². The first-order valence-electron chi connectivity index (χ1n) is 3.80. The van der Waals surface area contributed by atoms with Gasteiger partial charge in [-0.3, -0.25) is 4.99 Å². The first kappa shape index (κ1) is 11.9. The number of allylic oxidation sites excluding steroid dienone is 3. The number of alkyl halides is 2.